The number of hydrogen-bond acceptors (Lipinski definition) is 3. The summed E-state index contributed by atoms with van der Waals surface area (Å²) in [5, 5.41) is 10.1. The van der Waals surface area contributed by atoms with Crippen molar-refractivity contribution >= 4 is 11.8 Å². The lowest BCUT2D eigenvalue weighted by Crippen LogP contribution is -2.67. The Balaban J connectivity index is 1.62. The van der Waals surface area contributed by atoms with Crippen molar-refractivity contribution in [1.29, 1.82) is 0 Å². The van der Waals surface area contributed by atoms with Crippen LogP contribution in [0, 0.1) is 50.2 Å². The van der Waals surface area contributed by atoms with Gasteiger partial charge in [0, 0.05) is 12.0 Å². The third-order valence-corrected chi connectivity index (χ3v) is 13.2. The summed E-state index contributed by atoms with van der Waals surface area (Å²) < 4.78 is 0. The predicted octanol–water partition coefficient (Wildman–Crippen LogP) is 6.38. The third kappa shape index (κ3) is 2.81. The summed E-state index contributed by atoms with van der Waals surface area (Å²) in [7, 11) is 0. The van der Waals surface area contributed by atoms with Crippen LogP contribution in [-0.4, -0.2) is 22.9 Å². The molecule has 0 spiro atoms. The topological polar surface area (TPSA) is 80.4 Å². The summed E-state index contributed by atoms with van der Waals surface area (Å²) in [4.78, 5) is 26.5. The minimum absolute atomic E-state index is 0.0260. The zero-order valence-electron chi connectivity index (χ0n) is 22.6. The Morgan fingerprint density at radius 1 is 0.941 bits per heavy atom. The number of carboxylic acids is 1. The van der Waals surface area contributed by atoms with Gasteiger partial charge in [0.15, 0.2) is 5.78 Å². The molecule has 3 N–H and O–H groups in total. The summed E-state index contributed by atoms with van der Waals surface area (Å²) in [6, 6.07) is 0.196. The van der Waals surface area contributed by atoms with E-state index < -0.39 is 11.4 Å². The number of carbonyl (C=O) groups excluding carboxylic acids is 1. The molecule has 4 saturated carbocycles. The van der Waals surface area contributed by atoms with E-state index in [2.05, 4.69) is 47.6 Å². The Bertz CT molecular complexity index is 968. The molecule has 4 nitrogen and oxygen atoms in total. The molecule has 0 amide bonds. The molecular formula is C30H47NO3. The normalized spacial score (nSPS) is 54.1. The first-order chi connectivity index (χ1) is 15.6. The maximum Gasteiger partial charge on any atom is 0.309 e. The molecular weight excluding hydrogens is 422 g/mol. The van der Waals surface area contributed by atoms with Gasteiger partial charge in [-0.3, -0.25) is 9.59 Å². The average Bonchev–Trinajstić information content (AvgIpc) is 2.73. The second-order valence-corrected chi connectivity index (χ2v) is 15.0. The van der Waals surface area contributed by atoms with Crippen molar-refractivity contribution in [3.05, 3.63) is 11.6 Å². The molecule has 5 rings (SSSR count). The third-order valence-electron chi connectivity index (χ3n) is 13.2. The predicted molar refractivity (Wildman–Crippen MR) is 135 cm³/mol. The molecule has 5 aliphatic carbocycles. The molecule has 0 unspecified atom stereocenters. The average molecular weight is 470 g/mol. The van der Waals surface area contributed by atoms with Gasteiger partial charge in [0.25, 0.3) is 0 Å². The van der Waals surface area contributed by atoms with Gasteiger partial charge in [-0.2, -0.15) is 0 Å². The molecule has 5 aliphatic rings. The monoisotopic (exact) mass is 469 g/mol. The van der Waals surface area contributed by atoms with E-state index in [1.54, 1.807) is 0 Å². The Hall–Kier alpha value is -1.16. The molecule has 0 aromatic carbocycles. The number of nitrogens with two attached hydrogens (primary N) is 1. The number of rotatable bonds is 1. The zero-order chi connectivity index (χ0) is 25.1. The molecule has 0 aliphatic heterocycles. The number of ketones is 1. The fourth-order valence-electron chi connectivity index (χ4n) is 10.4. The van der Waals surface area contributed by atoms with Crippen LogP contribution in [0.2, 0.25) is 0 Å². The number of carboxylic acid groups (broad SMARTS) is 1. The van der Waals surface area contributed by atoms with E-state index in [4.69, 9.17) is 5.73 Å². The molecule has 4 heteroatoms. The van der Waals surface area contributed by atoms with Gasteiger partial charge in [-0.15, -0.1) is 0 Å². The van der Waals surface area contributed by atoms with Crippen molar-refractivity contribution in [3.63, 3.8) is 0 Å². The fraction of sp³-hybridized carbons (Fsp3) is 0.867. The standard InChI is InChI=1S/C30H47NO3/c1-25(2)21-8-11-30(7)23(28(21,5)10-9-22(25)31)20(32)16-18-19-17-27(4,24(33)34)13-12-26(19,3)14-15-29(18,30)6/h16,19,21-23H,8-15,17,31H2,1-7H3,(H,33,34)/t19-,21+,22+,23+,26+,27-,28-,29+,30+/m0/s1. The number of aliphatic carboxylic acids is 1. The highest BCUT2D eigenvalue weighted by Crippen LogP contribution is 2.75. The van der Waals surface area contributed by atoms with E-state index in [9.17, 15) is 14.7 Å². The van der Waals surface area contributed by atoms with Crippen molar-refractivity contribution in [2.75, 3.05) is 0 Å². The quantitative estimate of drug-likeness (QED) is 0.467. The maximum absolute atomic E-state index is 14.2. The van der Waals surface area contributed by atoms with E-state index in [1.807, 2.05) is 6.92 Å². The van der Waals surface area contributed by atoms with E-state index in [0.29, 0.717) is 18.1 Å². The molecule has 9 atom stereocenters. The van der Waals surface area contributed by atoms with Crippen molar-refractivity contribution in [1.82, 2.24) is 0 Å². The van der Waals surface area contributed by atoms with Crippen LogP contribution in [0.15, 0.2) is 11.6 Å². The first-order valence-corrected chi connectivity index (χ1v) is 13.8. The largest absolute Gasteiger partial charge is 0.481 e. The Labute approximate surface area is 206 Å². The molecule has 0 aromatic heterocycles. The first-order valence-electron chi connectivity index (χ1n) is 13.8. The van der Waals surface area contributed by atoms with E-state index >= 15 is 0 Å². The maximum atomic E-state index is 14.2. The van der Waals surface area contributed by atoms with E-state index in [1.165, 1.54) is 5.57 Å². The van der Waals surface area contributed by atoms with Gasteiger partial charge in [-0.25, -0.2) is 0 Å². The lowest BCUT2D eigenvalue weighted by Gasteiger charge is -2.70. The highest BCUT2D eigenvalue weighted by Gasteiger charge is 2.70. The molecule has 0 saturated heterocycles. The van der Waals surface area contributed by atoms with Gasteiger partial charge in [-0.1, -0.05) is 47.1 Å². The number of carbonyl (C=O) groups is 2. The van der Waals surface area contributed by atoms with E-state index in [0.717, 1.165) is 51.4 Å². The van der Waals surface area contributed by atoms with Crippen LogP contribution in [0.3, 0.4) is 0 Å². The Morgan fingerprint density at radius 2 is 1.59 bits per heavy atom. The van der Waals surface area contributed by atoms with Crippen LogP contribution in [0.25, 0.3) is 0 Å². The number of fused-ring (bicyclic) bond motifs is 7. The van der Waals surface area contributed by atoms with Crippen molar-refractivity contribution in [2.24, 2.45) is 56.0 Å². The first kappa shape index (κ1) is 24.5. The number of allylic oxidation sites excluding steroid dienone is 2. The second kappa shape index (κ2) is 6.99. The van der Waals surface area contributed by atoms with Gasteiger partial charge in [0.1, 0.15) is 0 Å². The molecule has 190 valence electrons. The SMILES string of the molecule is CC1(C)[C@H](N)CC[C@@]2(C)[C@@H]1CC[C@]1(C)[C@@H]2C(=O)C=C2[C@@H]3C[C@@](C)(C(=O)O)CC[C@]3(C)CC[C@]21C. The van der Waals surface area contributed by atoms with Crippen molar-refractivity contribution in [3.8, 4) is 0 Å². The lowest BCUT2D eigenvalue weighted by atomic mass is 9.33. The lowest BCUT2D eigenvalue weighted by molar-refractivity contribution is -0.188. The van der Waals surface area contributed by atoms with Crippen molar-refractivity contribution in [2.45, 2.75) is 112 Å². The van der Waals surface area contributed by atoms with Gasteiger partial charge >= 0.3 is 5.97 Å². The summed E-state index contributed by atoms with van der Waals surface area (Å²) in [5.41, 5.74) is 7.21. The van der Waals surface area contributed by atoms with Gasteiger partial charge in [0.2, 0.25) is 0 Å². The van der Waals surface area contributed by atoms with Crippen LogP contribution in [0.4, 0.5) is 0 Å². The van der Waals surface area contributed by atoms with Crippen LogP contribution in [-0.2, 0) is 9.59 Å². The van der Waals surface area contributed by atoms with Crippen LogP contribution >= 0.6 is 0 Å². The summed E-state index contributed by atoms with van der Waals surface area (Å²) >= 11 is 0. The van der Waals surface area contributed by atoms with Gasteiger partial charge in [-0.05, 0) is 110 Å². The summed E-state index contributed by atoms with van der Waals surface area (Å²) in [5.74, 6) is 0.313. The number of hydrogen-bond donors (Lipinski definition) is 2. The van der Waals surface area contributed by atoms with Crippen LogP contribution in [0.5, 0.6) is 0 Å². The molecule has 0 aromatic rings. The second-order valence-electron chi connectivity index (χ2n) is 15.0. The Morgan fingerprint density at radius 3 is 2.24 bits per heavy atom. The zero-order valence-corrected chi connectivity index (χ0v) is 22.6. The smallest absolute Gasteiger partial charge is 0.309 e. The van der Waals surface area contributed by atoms with Crippen LogP contribution < -0.4 is 5.73 Å². The van der Waals surface area contributed by atoms with Gasteiger partial charge < -0.3 is 10.8 Å². The van der Waals surface area contributed by atoms with Gasteiger partial charge in [0.05, 0.1) is 5.41 Å². The molecule has 0 bridgehead atoms. The minimum atomic E-state index is -0.697. The van der Waals surface area contributed by atoms with Crippen LogP contribution in [0.1, 0.15) is 106 Å². The fourth-order valence-corrected chi connectivity index (χ4v) is 10.4. The summed E-state index contributed by atoms with van der Waals surface area (Å²) in [6.07, 6.45) is 10.9. The molecule has 4 fully saturated rings. The molecule has 0 heterocycles. The summed E-state index contributed by atoms with van der Waals surface area (Å²) in [6.45, 7) is 16.2. The highest BCUT2D eigenvalue weighted by molar-refractivity contribution is 5.95. The Kier molecular flexibility index (Phi) is 5.04. The van der Waals surface area contributed by atoms with E-state index in [-0.39, 0.29) is 45.0 Å². The highest BCUT2D eigenvalue weighted by atomic mass is 16.4. The molecule has 34 heavy (non-hydrogen) atoms. The van der Waals surface area contributed by atoms with Crippen molar-refractivity contribution < 1.29 is 14.7 Å². The molecule has 0 radical (unpaired) electrons. The minimum Gasteiger partial charge on any atom is -0.481 e.